The van der Waals surface area contributed by atoms with E-state index in [2.05, 4.69) is 0 Å². The Bertz CT molecular complexity index is 416. The van der Waals surface area contributed by atoms with E-state index in [1.165, 1.54) is 14.2 Å². The smallest absolute Gasteiger partial charge is 0.168 e. The predicted molar refractivity (Wildman–Crippen MR) is 59.3 cm³/mol. The van der Waals surface area contributed by atoms with Gasteiger partial charge in [-0.15, -0.1) is 0 Å². The van der Waals surface area contributed by atoms with Crippen LogP contribution >= 0.6 is 0 Å². The van der Waals surface area contributed by atoms with Gasteiger partial charge in [0, 0.05) is 17.2 Å². The van der Waals surface area contributed by atoms with Gasteiger partial charge in [-0.1, -0.05) is 0 Å². The van der Waals surface area contributed by atoms with Crippen LogP contribution in [0.25, 0.3) is 0 Å². The summed E-state index contributed by atoms with van der Waals surface area (Å²) in [5.41, 5.74) is 5.96. The third-order valence-corrected chi connectivity index (χ3v) is 3.06. The monoisotopic (exact) mass is 243 g/mol. The van der Waals surface area contributed by atoms with Gasteiger partial charge in [0.1, 0.15) is 0 Å². The summed E-state index contributed by atoms with van der Waals surface area (Å²) in [6, 6.07) is 0.761. The lowest BCUT2D eigenvalue weighted by molar-refractivity contribution is 0.346. The summed E-state index contributed by atoms with van der Waals surface area (Å²) in [5, 5.41) is 0. The fourth-order valence-corrected chi connectivity index (χ4v) is 1.93. The second-order valence-corrected chi connectivity index (χ2v) is 4.42. The fourth-order valence-electron chi connectivity index (χ4n) is 1.93. The molecule has 0 spiro atoms. The Kier molecular flexibility index (Phi) is 2.95. The zero-order valence-electron chi connectivity index (χ0n) is 9.85. The largest absolute Gasteiger partial charge is 0.493 e. The fraction of sp³-hybridized carbons (Fsp3) is 0.500. The minimum atomic E-state index is -0.731. The van der Waals surface area contributed by atoms with Crippen LogP contribution in [0.3, 0.4) is 0 Å². The molecule has 2 rings (SSSR count). The van der Waals surface area contributed by atoms with Gasteiger partial charge in [0.2, 0.25) is 0 Å². The molecule has 0 aromatic heterocycles. The Morgan fingerprint density at radius 2 is 1.65 bits per heavy atom. The van der Waals surface area contributed by atoms with Crippen molar-refractivity contribution >= 4 is 0 Å². The summed E-state index contributed by atoms with van der Waals surface area (Å²) in [4.78, 5) is 0. The predicted octanol–water partition coefficient (Wildman–Crippen LogP) is 2.02. The number of methoxy groups -OCH3 is 2. The van der Waals surface area contributed by atoms with E-state index >= 15 is 0 Å². The SMILES string of the molecule is COc1c(F)cc(F)c(OC)c1CC1(N)CC1. The molecule has 2 N–H and O–H groups in total. The maximum Gasteiger partial charge on any atom is 0.168 e. The van der Waals surface area contributed by atoms with Gasteiger partial charge >= 0.3 is 0 Å². The summed E-state index contributed by atoms with van der Waals surface area (Å²) in [7, 11) is 2.69. The van der Waals surface area contributed by atoms with E-state index < -0.39 is 11.6 Å². The van der Waals surface area contributed by atoms with Crippen molar-refractivity contribution in [1.29, 1.82) is 0 Å². The van der Waals surface area contributed by atoms with Crippen molar-refractivity contribution in [2.24, 2.45) is 5.73 Å². The lowest BCUT2D eigenvalue weighted by Gasteiger charge is -2.17. The number of halogens is 2. The molecule has 94 valence electrons. The maximum absolute atomic E-state index is 13.6. The van der Waals surface area contributed by atoms with Crippen molar-refractivity contribution in [3.05, 3.63) is 23.3 Å². The molecule has 0 radical (unpaired) electrons. The molecule has 1 aliphatic carbocycles. The minimum Gasteiger partial charge on any atom is -0.493 e. The Balaban J connectivity index is 2.50. The van der Waals surface area contributed by atoms with Crippen LogP contribution < -0.4 is 15.2 Å². The second kappa shape index (κ2) is 4.14. The Hall–Kier alpha value is -1.36. The van der Waals surface area contributed by atoms with Gasteiger partial charge < -0.3 is 15.2 Å². The van der Waals surface area contributed by atoms with Crippen LogP contribution in [0.4, 0.5) is 8.78 Å². The molecule has 0 aliphatic heterocycles. The Morgan fingerprint density at radius 3 is 2.00 bits per heavy atom. The van der Waals surface area contributed by atoms with Crippen LogP contribution in [0.5, 0.6) is 11.5 Å². The van der Waals surface area contributed by atoms with Crippen LogP contribution in [-0.2, 0) is 6.42 Å². The van der Waals surface area contributed by atoms with E-state index in [1.807, 2.05) is 0 Å². The standard InChI is InChI=1S/C12H15F2NO2/c1-16-10-7(6-12(15)3-4-12)11(17-2)9(14)5-8(10)13/h5H,3-4,6,15H2,1-2H3. The van der Waals surface area contributed by atoms with Crippen molar-refractivity contribution < 1.29 is 18.3 Å². The molecule has 0 atom stereocenters. The third-order valence-electron chi connectivity index (χ3n) is 3.06. The first kappa shape index (κ1) is 12.1. The lowest BCUT2D eigenvalue weighted by atomic mass is 10.0. The molecule has 0 saturated heterocycles. The Labute approximate surface area is 98.5 Å². The summed E-state index contributed by atoms with van der Waals surface area (Å²) in [6.07, 6.45) is 2.04. The highest BCUT2D eigenvalue weighted by molar-refractivity contribution is 5.48. The number of nitrogens with two attached hydrogens (primary N) is 1. The quantitative estimate of drug-likeness (QED) is 0.879. The molecule has 3 nitrogen and oxygen atoms in total. The van der Waals surface area contributed by atoms with E-state index in [9.17, 15) is 8.78 Å². The highest BCUT2D eigenvalue weighted by Crippen LogP contribution is 2.42. The van der Waals surface area contributed by atoms with Crippen LogP contribution in [-0.4, -0.2) is 19.8 Å². The third kappa shape index (κ3) is 2.20. The van der Waals surface area contributed by atoms with Crippen molar-refractivity contribution in [1.82, 2.24) is 0 Å². The van der Waals surface area contributed by atoms with E-state index in [-0.39, 0.29) is 17.0 Å². The lowest BCUT2D eigenvalue weighted by Crippen LogP contribution is -2.25. The first-order valence-corrected chi connectivity index (χ1v) is 5.38. The average molecular weight is 243 g/mol. The van der Waals surface area contributed by atoms with Gasteiger partial charge in [-0.25, -0.2) is 8.78 Å². The van der Waals surface area contributed by atoms with Gasteiger partial charge in [-0.05, 0) is 19.3 Å². The summed E-state index contributed by atoms with van der Waals surface area (Å²) in [6.45, 7) is 0. The van der Waals surface area contributed by atoms with Gasteiger partial charge in [-0.3, -0.25) is 0 Å². The zero-order chi connectivity index (χ0) is 12.6. The number of benzene rings is 1. The highest BCUT2D eigenvalue weighted by Gasteiger charge is 2.40. The summed E-state index contributed by atoms with van der Waals surface area (Å²) < 4.78 is 37.1. The van der Waals surface area contributed by atoms with Crippen molar-refractivity contribution in [3.8, 4) is 11.5 Å². The molecule has 1 fully saturated rings. The van der Waals surface area contributed by atoms with Crippen LogP contribution in [0, 0.1) is 11.6 Å². The van der Waals surface area contributed by atoms with Crippen molar-refractivity contribution in [3.63, 3.8) is 0 Å². The second-order valence-electron chi connectivity index (χ2n) is 4.42. The van der Waals surface area contributed by atoms with E-state index in [0.717, 1.165) is 18.9 Å². The van der Waals surface area contributed by atoms with Crippen molar-refractivity contribution in [2.45, 2.75) is 24.8 Å². The first-order valence-electron chi connectivity index (χ1n) is 5.38. The molecule has 0 amide bonds. The van der Waals surface area contributed by atoms with E-state index in [4.69, 9.17) is 15.2 Å². The number of ether oxygens (including phenoxy) is 2. The number of hydrogen-bond donors (Lipinski definition) is 1. The highest BCUT2D eigenvalue weighted by atomic mass is 19.1. The van der Waals surface area contributed by atoms with E-state index in [0.29, 0.717) is 12.0 Å². The molecule has 0 heterocycles. The maximum atomic E-state index is 13.6. The molecule has 1 aromatic rings. The molecule has 17 heavy (non-hydrogen) atoms. The van der Waals surface area contributed by atoms with Crippen LogP contribution in [0.15, 0.2) is 6.07 Å². The molecule has 1 saturated carbocycles. The van der Waals surface area contributed by atoms with Gasteiger partial charge in [0.05, 0.1) is 14.2 Å². The van der Waals surface area contributed by atoms with Gasteiger partial charge in [0.25, 0.3) is 0 Å². The van der Waals surface area contributed by atoms with E-state index in [1.54, 1.807) is 0 Å². The molecule has 0 bridgehead atoms. The van der Waals surface area contributed by atoms with Crippen LogP contribution in [0.1, 0.15) is 18.4 Å². The normalized spacial score (nSPS) is 16.8. The zero-order valence-corrected chi connectivity index (χ0v) is 9.85. The first-order chi connectivity index (χ1) is 8.00. The number of hydrogen-bond acceptors (Lipinski definition) is 3. The van der Waals surface area contributed by atoms with Gasteiger partial charge in [0.15, 0.2) is 23.1 Å². The summed E-state index contributed by atoms with van der Waals surface area (Å²) >= 11 is 0. The topological polar surface area (TPSA) is 44.5 Å². The van der Waals surface area contributed by atoms with Crippen molar-refractivity contribution in [2.75, 3.05) is 14.2 Å². The molecule has 1 aromatic carbocycles. The van der Waals surface area contributed by atoms with Gasteiger partial charge in [-0.2, -0.15) is 0 Å². The molecular formula is C12H15F2NO2. The molecular weight excluding hydrogens is 228 g/mol. The molecule has 1 aliphatic rings. The molecule has 5 heteroatoms. The number of rotatable bonds is 4. The molecule has 0 unspecified atom stereocenters. The minimum absolute atomic E-state index is 0.0139. The average Bonchev–Trinajstić information content (AvgIpc) is 2.96. The Morgan fingerprint density at radius 1 is 1.18 bits per heavy atom. The summed E-state index contributed by atoms with van der Waals surface area (Å²) in [5.74, 6) is -1.44. The van der Waals surface area contributed by atoms with Crippen LogP contribution in [0.2, 0.25) is 0 Å².